The van der Waals surface area contributed by atoms with Crippen LogP contribution in [0.5, 0.6) is 0 Å². The predicted molar refractivity (Wildman–Crippen MR) is 252 cm³/mol. The van der Waals surface area contributed by atoms with Crippen LogP contribution >= 0.6 is 23.6 Å². The number of nitriles is 1. The highest BCUT2D eigenvalue weighted by Crippen LogP contribution is 2.37. The summed E-state index contributed by atoms with van der Waals surface area (Å²) in [4.78, 5) is 73.5. The number of ether oxygens (including phenoxy) is 1. The number of aryl methyl sites for hydroxylation is 2. The Morgan fingerprint density at radius 1 is 1.00 bits per heavy atom. The molecule has 0 radical (unpaired) electrons. The number of β-amino-alcohol motifs (C(OH)–C–C–N with tert-alkyl or cyclic N) is 1. The first kappa shape index (κ1) is 51.1. The van der Waals surface area contributed by atoms with E-state index in [0.717, 1.165) is 44.3 Å². The second-order valence-corrected chi connectivity index (χ2v) is 18.9. The number of benzene rings is 3. The van der Waals surface area contributed by atoms with Crippen molar-refractivity contribution in [1.29, 1.82) is 5.26 Å². The van der Waals surface area contributed by atoms with Gasteiger partial charge in [-0.15, -0.1) is 11.3 Å². The molecule has 360 valence electrons. The highest BCUT2D eigenvalue weighted by atomic mass is 32.1. The number of hydrogen-bond donors (Lipinski definition) is 5. The molecule has 2 fully saturated rings. The zero-order valence-corrected chi connectivity index (χ0v) is 39.6. The number of aliphatic hydroxyl groups excluding tert-OH is 1. The van der Waals surface area contributed by atoms with E-state index >= 15 is 0 Å². The normalized spacial score (nSPS) is 17.7. The van der Waals surface area contributed by atoms with Crippen molar-refractivity contribution < 1.29 is 47.0 Å². The molecule has 15 nitrogen and oxygen atoms in total. The van der Waals surface area contributed by atoms with Gasteiger partial charge in [-0.1, -0.05) is 81.5 Å². The molecular formula is C48H53F3N8O7S2. The Balaban J connectivity index is 0.881. The van der Waals surface area contributed by atoms with Gasteiger partial charge in [0.05, 0.1) is 58.3 Å². The first-order chi connectivity index (χ1) is 32.2. The molecule has 6 amide bonds. The molecule has 2 aliphatic rings. The van der Waals surface area contributed by atoms with E-state index in [1.807, 2.05) is 43.3 Å². The fraction of sp³-hybridized carbons (Fsp3) is 0.417. The Bertz CT molecular complexity index is 2540. The van der Waals surface area contributed by atoms with Gasteiger partial charge >= 0.3 is 12.2 Å². The van der Waals surface area contributed by atoms with Gasteiger partial charge in [0.25, 0.3) is 0 Å². The highest BCUT2D eigenvalue weighted by molar-refractivity contribution is 7.80. The van der Waals surface area contributed by atoms with Gasteiger partial charge in [-0.2, -0.15) is 18.4 Å². The van der Waals surface area contributed by atoms with Gasteiger partial charge in [-0.3, -0.25) is 24.1 Å². The van der Waals surface area contributed by atoms with Gasteiger partial charge in [0.2, 0.25) is 23.6 Å². The summed E-state index contributed by atoms with van der Waals surface area (Å²) in [5.74, 6) is -1.50. The summed E-state index contributed by atoms with van der Waals surface area (Å²) in [7, 11) is 0. The number of halogens is 3. The standard InChI is InChI=1S/C48H53F3N8O7S2/c1-28-41(68-27-55-28)32-14-10-30(11-15-32)25-54-43(63)37-23-35(60)26-58(37)44(64)42(47(2,3)4)56-39(62)18-20-66-21-19-53-38(61)7-5-6-29-8-12-31(13-9-29)40-45(67)59(46(65)57-40)34-17-16-33(24-52)36(22-34)48(49,50)51/h8-17,22,27,35,37,40,42,60H,5-7,18-21,23,25-26H2,1-4H3,(H,53,61)(H,54,63)(H,56,62)(H,57,65)/t35-,37+,40?,42-/m1/s1. The van der Waals surface area contributed by atoms with Crippen LogP contribution in [0.3, 0.4) is 0 Å². The lowest BCUT2D eigenvalue weighted by Crippen LogP contribution is -2.57. The number of carbonyl (C=O) groups is 5. The maximum atomic E-state index is 13.9. The van der Waals surface area contributed by atoms with Crippen LogP contribution in [0.25, 0.3) is 10.4 Å². The predicted octanol–water partition coefficient (Wildman–Crippen LogP) is 6.26. The molecule has 20 heteroatoms. The fourth-order valence-electron chi connectivity index (χ4n) is 7.91. The van der Waals surface area contributed by atoms with E-state index in [1.54, 1.807) is 49.8 Å². The lowest BCUT2D eigenvalue weighted by molar-refractivity contribution is -0.144. The van der Waals surface area contributed by atoms with Gasteiger partial charge in [0, 0.05) is 38.9 Å². The van der Waals surface area contributed by atoms with E-state index in [9.17, 15) is 42.3 Å². The number of aliphatic hydroxyl groups is 1. The molecular weight excluding hydrogens is 922 g/mol. The van der Waals surface area contributed by atoms with Crippen molar-refractivity contribution in [2.75, 3.05) is 31.2 Å². The van der Waals surface area contributed by atoms with Crippen molar-refractivity contribution in [1.82, 2.24) is 31.2 Å². The Morgan fingerprint density at radius 2 is 1.71 bits per heavy atom. The minimum atomic E-state index is -4.80. The fourth-order valence-corrected chi connectivity index (χ4v) is 9.11. The number of hydrogen-bond acceptors (Lipinski definition) is 11. The van der Waals surface area contributed by atoms with Crippen molar-refractivity contribution in [2.45, 2.75) is 96.7 Å². The lowest BCUT2D eigenvalue weighted by atomic mass is 9.85. The van der Waals surface area contributed by atoms with Gasteiger partial charge in [-0.05, 0) is 65.6 Å². The highest BCUT2D eigenvalue weighted by Gasteiger charge is 2.45. The minimum Gasteiger partial charge on any atom is -0.391 e. The lowest BCUT2D eigenvalue weighted by Gasteiger charge is -2.35. The van der Waals surface area contributed by atoms with Crippen molar-refractivity contribution in [3.05, 3.63) is 106 Å². The van der Waals surface area contributed by atoms with E-state index in [0.29, 0.717) is 18.4 Å². The van der Waals surface area contributed by atoms with Crippen LogP contribution in [0.4, 0.5) is 23.7 Å². The van der Waals surface area contributed by atoms with Crippen LogP contribution in [0.2, 0.25) is 0 Å². The molecule has 0 bridgehead atoms. The number of rotatable bonds is 18. The SMILES string of the molecule is Cc1ncsc1-c1ccc(CNC(=O)[C@@H]2C[C@@H](O)CN2C(=O)[C@@H](NC(=O)CCOCCNC(=O)CCCc2ccc(C3NC(=O)N(c4ccc(C#N)c(C(F)(F)F)c4)C3=S)cc2)C(C)(C)C)cc1. The molecule has 0 spiro atoms. The van der Waals surface area contributed by atoms with Gasteiger partial charge in [0.1, 0.15) is 23.1 Å². The van der Waals surface area contributed by atoms with Crippen molar-refractivity contribution >= 4 is 63.9 Å². The summed E-state index contributed by atoms with van der Waals surface area (Å²) < 4.78 is 46.3. The van der Waals surface area contributed by atoms with Crippen LogP contribution in [0, 0.1) is 23.7 Å². The molecule has 1 aromatic heterocycles. The number of alkyl halides is 3. The van der Waals surface area contributed by atoms with E-state index in [-0.39, 0.29) is 68.7 Å². The molecule has 6 rings (SSSR count). The molecule has 4 atom stereocenters. The quantitative estimate of drug-likeness (QED) is 0.0559. The Morgan fingerprint density at radius 3 is 2.35 bits per heavy atom. The van der Waals surface area contributed by atoms with Gasteiger partial charge in [0.15, 0.2) is 0 Å². The summed E-state index contributed by atoms with van der Waals surface area (Å²) in [5, 5.41) is 30.8. The maximum Gasteiger partial charge on any atom is 0.417 e. The van der Waals surface area contributed by atoms with Crippen LogP contribution in [-0.4, -0.2) is 94.1 Å². The topological polar surface area (TPSA) is 206 Å². The maximum absolute atomic E-state index is 13.9. The number of thiocarbonyl (C=S) groups is 1. The number of likely N-dealkylation sites (tertiary alicyclic amines) is 1. The average Bonchev–Trinajstić information content (AvgIpc) is 4.00. The summed E-state index contributed by atoms with van der Waals surface area (Å²) >= 11 is 7.04. The molecule has 0 aliphatic carbocycles. The number of nitrogens with one attached hydrogen (secondary N) is 4. The van der Waals surface area contributed by atoms with Crippen molar-refractivity contribution in [2.24, 2.45) is 5.41 Å². The van der Waals surface area contributed by atoms with Gasteiger partial charge < -0.3 is 36.0 Å². The van der Waals surface area contributed by atoms with Crippen molar-refractivity contribution in [3.63, 3.8) is 0 Å². The van der Waals surface area contributed by atoms with Crippen LogP contribution in [0.15, 0.2) is 72.2 Å². The van der Waals surface area contributed by atoms with E-state index in [2.05, 4.69) is 26.3 Å². The zero-order valence-electron chi connectivity index (χ0n) is 37.9. The second-order valence-electron chi connectivity index (χ2n) is 17.6. The first-order valence-corrected chi connectivity index (χ1v) is 23.3. The molecule has 3 heterocycles. The van der Waals surface area contributed by atoms with Crippen LogP contribution < -0.4 is 26.2 Å². The number of anilines is 1. The first-order valence-electron chi connectivity index (χ1n) is 22.0. The summed E-state index contributed by atoms with van der Waals surface area (Å²) in [6.45, 7) is 7.93. The molecule has 2 saturated heterocycles. The monoisotopic (exact) mass is 974 g/mol. The third kappa shape index (κ3) is 12.8. The Hall–Kier alpha value is -6.27. The Kier molecular flexibility index (Phi) is 16.7. The third-order valence-corrected chi connectivity index (χ3v) is 13.0. The Labute approximate surface area is 401 Å². The molecule has 1 unspecified atom stereocenters. The van der Waals surface area contributed by atoms with E-state index < -0.39 is 70.7 Å². The summed E-state index contributed by atoms with van der Waals surface area (Å²) in [6.07, 6.45) is -4.38. The average molecular weight is 975 g/mol. The van der Waals surface area contributed by atoms with Gasteiger partial charge in [-0.25, -0.2) is 9.78 Å². The number of carbonyl (C=O) groups excluding carboxylic acids is 5. The minimum absolute atomic E-state index is 0.0305. The molecule has 3 aromatic carbocycles. The smallest absolute Gasteiger partial charge is 0.391 e. The largest absolute Gasteiger partial charge is 0.417 e. The molecule has 4 aromatic rings. The number of thiazole rings is 1. The second kappa shape index (κ2) is 22.2. The third-order valence-electron chi connectivity index (χ3n) is 11.6. The van der Waals surface area contributed by atoms with Crippen LogP contribution in [0.1, 0.15) is 86.0 Å². The summed E-state index contributed by atoms with van der Waals surface area (Å²) in [6, 6.07) is 16.0. The molecule has 68 heavy (non-hydrogen) atoms. The van der Waals surface area contributed by atoms with Crippen molar-refractivity contribution in [3.8, 4) is 16.5 Å². The van der Waals surface area contributed by atoms with E-state index in [1.165, 1.54) is 17.0 Å². The zero-order chi connectivity index (χ0) is 49.3. The number of nitrogens with zero attached hydrogens (tertiary/aromatic N) is 4. The summed E-state index contributed by atoms with van der Waals surface area (Å²) in [5.41, 5.74) is 3.59. The van der Waals surface area contributed by atoms with Crippen LogP contribution in [-0.2, 0) is 43.1 Å². The number of amides is 6. The number of aromatic nitrogens is 1. The molecule has 0 saturated carbocycles. The van der Waals surface area contributed by atoms with E-state index in [4.69, 9.17) is 22.2 Å². The molecule has 2 aliphatic heterocycles. The molecule has 5 N–H and O–H groups in total. The number of urea groups is 1.